The summed E-state index contributed by atoms with van der Waals surface area (Å²) in [6.07, 6.45) is 2.79. The zero-order chi connectivity index (χ0) is 13.0. The van der Waals surface area contributed by atoms with Gasteiger partial charge in [-0.3, -0.25) is 4.79 Å². The molecule has 90 valence electrons. The molecule has 2 aromatic carbocycles. The second-order valence-electron chi connectivity index (χ2n) is 3.73. The van der Waals surface area contributed by atoms with Gasteiger partial charge in [0.05, 0.1) is 5.56 Å². The molecule has 2 aromatic rings. The third-order valence-electron chi connectivity index (χ3n) is 2.44. The molecule has 18 heavy (non-hydrogen) atoms. The molecule has 0 saturated carbocycles. The fourth-order valence-corrected chi connectivity index (χ4v) is 1.50. The molecule has 0 radical (unpaired) electrons. The first-order valence-electron chi connectivity index (χ1n) is 5.39. The van der Waals surface area contributed by atoms with Gasteiger partial charge in [0.1, 0.15) is 11.6 Å². The minimum Gasteiger partial charge on any atom is -0.289 e. The molecular formula is C15H10F2O. The minimum atomic E-state index is -0.550. The zero-order valence-corrected chi connectivity index (χ0v) is 9.44. The molecule has 0 unspecified atom stereocenters. The van der Waals surface area contributed by atoms with Crippen molar-refractivity contribution in [3.8, 4) is 0 Å². The molecule has 0 N–H and O–H groups in total. The molecule has 0 aliphatic rings. The van der Waals surface area contributed by atoms with Crippen LogP contribution in [0.3, 0.4) is 0 Å². The molecule has 3 heteroatoms. The molecular weight excluding hydrogens is 234 g/mol. The van der Waals surface area contributed by atoms with Gasteiger partial charge in [0, 0.05) is 0 Å². The van der Waals surface area contributed by atoms with Gasteiger partial charge in [0.15, 0.2) is 5.78 Å². The van der Waals surface area contributed by atoms with Gasteiger partial charge < -0.3 is 0 Å². The lowest BCUT2D eigenvalue weighted by molar-refractivity contribution is 0.104. The highest BCUT2D eigenvalue weighted by Crippen LogP contribution is 2.10. The van der Waals surface area contributed by atoms with Gasteiger partial charge in [0.25, 0.3) is 0 Å². The lowest BCUT2D eigenvalue weighted by Gasteiger charge is -1.97. The number of halogens is 2. The van der Waals surface area contributed by atoms with Crippen LogP contribution in [0.2, 0.25) is 0 Å². The summed E-state index contributed by atoms with van der Waals surface area (Å²) in [5, 5.41) is 0. The van der Waals surface area contributed by atoms with E-state index in [1.54, 1.807) is 18.2 Å². The lowest BCUT2D eigenvalue weighted by Crippen LogP contribution is -1.97. The smallest absolute Gasteiger partial charge is 0.188 e. The van der Waals surface area contributed by atoms with Crippen LogP contribution in [-0.4, -0.2) is 5.78 Å². The summed E-state index contributed by atoms with van der Waals surface area (Å²) in [5.41, 5.74) is 0.706. The summed E-state index contributed by atoms with van der Waals surface area (Å²) in [7, 11) is 0. The van der Waals surface area contributed by atoms with Crippen molar-refractivity contribution in [1.29, 1.82) is 0 Å². The predicted octanol–water partition coefficient (Wildman–Crippen LogP) is 3.86. The summed E-state index contributed by atoms with van der Waals surface area (Å²) in [6, 6.07) is 11.5. The molecule has 0 spiro atoms. The van der Waals surface area contributed by atoms with E-state index in [4.69, 9.17) is 0 Å². The molecule has 1 nitrogen and oxygen atoms in total. The highest BCUT2D eigenvalue weighted by Gasteiger charge is 2.06. The Kier molecular flexibility index (Phi) is 3.63. The van der Waals surface area contributed by atoms with Crippen molar-refractivity contribution in [2.24, 2.45) is 0 Å². The molecule has 2 rings (SSSR count). The van der Waals surface area contributed by atoms with E-state index in [1.165, 1.54) is 42.5 Å². The van der Waals surface area contributed by atoms with Crippen LogP contribution in [-0.2, 0) is 0 Å². The number of carbonyl (C=O) groups is 1. The van der Waals surface area contributed by atoms with Crippen LogP contribution >= 0.6 is 0 Å². The minimum absolute atomic E-state index is 0.0239. The number of ketones is 1. The molecule has 0 amide bonds. The van der Waals surface area contributed by atoms with Gasteiger partial charge in [-0.1, -0.05) is 30.3 Å². The zero-order valence-electron chi connectivity index (χ0n) is 9.44. The van der Waals surface area contributed by atoms with E-state index in [2.05, 4.69) is 0 Å². The average molecular weight is 244 g/mol. The van der Waals surface area contributed by atoms with Crippen molar-refractivity contribution < 1.29 is 13.6 Å². The summed E-state index contributed by atoms with van der Waals surface area (Å²) in [4.78, 5) is 11.7. The fourth-order valence-electron chi connectivity index (χ4n) is 1.50. The molecule has 0 saturated heterocycles. The molecule has 0 atom stereocenters. The van der Waals surface area contributed by atoms with Gasteiger partial charge >= 0.3 is 0 Å². The van der Waals surface area contributed by atoms with Crippen LogP contribution in [0.25, 0.3) is 6.08 Å². The molecule has 0 fully saturated rings. The SMILES string of the molecule is O=C(C=Cc1ccc(F)cc1)c1ccccc1F. The van der Waals surface area contributed by atoms with E-state index in [0.29, 0.717) is 5.56 Å². The van der Waals surface area contributed by atoms with Crippen molar-refractivity contribution in [2.75, 3.05) is 0 Å². The summed E-state index contributed by atoms with van der Waals surface area (Å²) in [5.74, 6) is -1.31. The van der Waals surface area contributed by atoms with E-state index in [-0.39, 0.29) is 11.4 Å². The Labute approximate surface area is 103 Å². The Morgan fingerprint density at radius 3 is 2.28 bits per heavy atom. The third-order valence-corrected chi connectivity index (χ3v) is 2.44. The maximum atomic E-state index is 13.3. The Bertz CT molecular complexity index is 586. The van der Waals surface area contributed by atoms with Crippen LogP contribution in [0, 0.1) is 11.6 Å². The molecule has 0 aromatic heterocycles. The molecule has 0 heterocycles. The van der Waals surface area contributed by atoms with Crippen molar-refractivity contribution in [3.05, 3.63) is 77.4 Å². The van der Waals surface area contributed by atoms with Gasteiger partial charge in [-0.25, -0.2) is 8.78 Å². The molecule has 0 bridgehead atoms. The van der Waals surface area contributed by atoms with Crippen molar-refractivity contribution in [1.82, 2.24) is 0 Å². The lowest BCUT2D eigenvalue weighted by atomic mass is 10.1. The normalized spacial score (nSPS) is 10.8. The second kappa shape index (κ2) is 5.36. The summed E-state index contributed by atoms with van der Waals surface area (Å²) >= 11 is 0. The quantitative estimate of drug-likeness (QED) is 0.592. The van der Waals surface area contributed by atoms with Crippen LogP contribution in [0.15, 0.2) is 54.6 Å². The van der Waals surface area contributed by atoms with Crippen molar-refractivity contribution >= 4 is 11.9 Å². The van der Waals surface area contributed by atoms with Crippen LogP contribution in [0.5, 0.6) is 0 Å². The third kappa shape index (κ3) is 2.88. The van der Waals surface area contributed by atoms with Crippen molar-refractivity contribution in [2.45, 2.75) is 0 Å². The van der Waals surface area contributed by atoms with E-state index in [0.717, 1.165) is 0 Å². The van der Waals surface area contributed by atoms with Gasteiger partial charge in [-0.2, -0.15) is 0 Å². The van der Waals surface area contributed by atoms with E-state index >= 15 is 0 Å². The first-order chi connectivity index (χ1) is 8.66. The number of hydrogen-bond acceptors (Lipinski definition) is 1. The monoisotopic (exact) mass is 244 g/mol. The van der Waals surface area contributed by atoms with E-state index in [9.17, 15) is 13.6 Å². The standard InChI is InChI=1S/C15H10F2O/c16-12-8-5-11(6-9-12)7-10-15(18)13-3-1-2-4-14(13)17/h1-10H. The van der Waals surface area contributed by atoms with Crippen LogP contribution in [0.1, 0.15) is 15.9 Å². The Balaban J connectivity index is 2.17. The van der Waals surface area contributed by atoms with Crippen molar-refractivity contribution in [3.63, 3.8) is 0 Å². The number of hydrogen-bond donors (Lipinski definition) is 0. The largest absolute Gasteiger partial charge is 0.289 e. The second-order valence-corrected chi connectivity index (χ2v) is 3.73. The predicted molar refractivity (Wildman–Crippen MR) is 66.2 cm³/mol. The van der Waals surface area contributed by atoms with E-state index < -0.39 is 11.6 Å². The van der Waals surface area contributed by atoms with Crippen LogP contribution in [0.4, 0.5) is 8.78 Å². The Morgan fingerprint density at radius 2 is 1.61 bits per heavy atom. The maximum absolute atomic E-state index is 13.3. The number of carbonyl (C=O) groups excluding carboxylic acids is 1. The molecule has 0 aliphatic carbocycles. The van der Waals surface area contributed by atoms with Gasteiger partial charge in [-0.15, -0.1) is 0 Å². The van der Waals surface area contributed by atoms with Gasteiger partial charge in [-0.05, 0) is 35.9 Å². The highest BCUT2D eigenvalue weighted by molar-refractivity contribution is 6.06. The summed E-state index contributed by atoms with van der Waals surface area (Å²) < 4.78 is 26.0. The summed E-state index contributed by atoms with van der Waals surface area (Å²) in [6.45, 7) is 0. The average Bonchev–Trinajstić information content (AvgIpc) is 2.38. The van der Waals surface area contributed by atoms with Crippen LogP contribution < -0.4 is 0 Å². The Morgan fingerprint density at radius 1 is 0.944 bits per heavy atom. The highest BCUT2D eigenvalue weighted by atomic mass is 19.1. The maximum Gasteiger partial charge on any atom is 0.188 e. The topological polar surface area (TPSA) is 17.1 Å². The number of benzene rings is 2. The van der Waals surface area contributed by atoms with E-state index in [1.807, 2.05) is 0 Å². The number of rotatable bonds is 3. The Hall–Kier alpha value is -2.29. The fraction of sp³-hybridized carbons (Fsp3) is 0. The molecule has 0 aliphatic heterocycles. The van der Waals surface area contributed by atoms with Gasteiger partial charge in [0.2, 0.25) is 0 Å². The first kappa shape index (κ1) is 12.2. The number of allylic oxidation sites excluding steroid dienone is 1. The first-order valence-corrected chi connectivity index (χ1v) is 5.39.